The van der Waals surface area contributed by atoms with Gasteiger partial charge in [-0.1, -0.05) is 6.07 Å². The first-order valence-corrected chi connectivity index (χ1v) is 8.25. The van der Waals surface area contributed by atoms with Crippen LogP contribution in [0, 0.1) is 0 Å². The summed E-state index contributed by atoms with van der Waals surface area (Å²) >= 11 is 0. The van der Waals surface area contributed by atoms with Crippen LogP contribution in [-0.2, 0) is 17.8 Å². The molecular weight excluding hydrogens is 322 g/mol. The molecule has 1 amide bonds. The molecule has 25 heavy (non-hydrogen) atoms. The first kappa shape index (κ1) is 17.0. The number of ether oxygens (including phenoxy) is 1. The fraction of sp³-hybridized carbons (Fsp3) is 0.389. The summed E-state index contributed by atoms with van der Waals surface area (Å²) in [5, 5.41) is 0. The van der Waals surface area contributed by atoms with Crippen molar-refractivity contribution in [1.82, 2.24) is 14.5 Å². The molecule has 7 heteroatoms. The number of carbonyl (C=O) groups is 1. The number of hydrogen-bond donors (Lipinski definition) is 1. The zero-order valence-electron chi connectivity index (χ0n) is 14.3. The van der Waals surface area contributed by atoms with Crippen molar-refractivity contribution < 1.29 is 9.53 Å². The molecule has 2 aromatic rings. The Labute approximate surface area is 144 Å². The third-order valence-corrected chi connectivity index (χ3v) is 4.68. The molecule has 0 fully saturated rings. The minimum atomic E-state index is -0.498. The van der Waals surface area contributed by atoms with Gasteiger partial charge in [0.05, 0.1) is 13.2 Å². The first-order chi connectivity index (χ1) is 12.0. The number of benzene rings is 1. The van der Waals surface area contributed by atoms with Gasteiger partial charge < -0.3 is 14.2 Å². The summed E-state index contributed by atoms with van der Waals surface area (Å²) in [6.45, 7) is 2.89. The van der Waals surface area contributed by atoms with Crippen molar-refractivity contribution in [3.8, 4) is 5.75 Å². The van der Waals surface area contributed by atoms with Crippen LogP contribution in [0.4, 0.5) is 0 Å². The molecule has 1 N–H and O–H groups in total. The van der Waals surface area contributed by atoms with Gasteiger partial charge in [0.15, 0.2) is 0 Å². The molecule has 2 heterocycles. The van der Waals surface area contributed by atoms with E-state index >= 15 is 0 Å². The lowest BCUT2D eigenvalue weighted by atomic mass is 9.93. The molecule has 1 aliphatic heterocycles. The number of fused-ring (bicyclic) bond motifs is 1. The van der Waals surface area contributed by atoms with Gasteiger partial charge in [-0.2, -0.15) is 0 Å². The summed E-state index contributed by atoms with van der Waals surface area (Å²) in [5.41, 5.74) is 1.39. The molecule has 132 valence electrons. The Morgan fingerprint density at radius 2 is 2.12 bits per heavy atom. The molecule has 0 saturated heterocycles. The second kappa shape index (κ2) is 6.96. The predicted octanol–water partition coefficient (Wildman–Crippen LogP) is 1.08. The summed E-state index contributed by atoms with van der Waals surface area (Å²) in [7, 11) is 1.63. The largest absolute Gasteiger partial charge is 0.497 e. The minimum Gasteiger partial charge on any atom is -0.497 e. The zero-order valence-corrected chi connectivity index (χ0v) is 14.3. The van der Waals surface area contributed by atoms with Gasteiger partial charge >= 0.3 is 5.69 Å². The standard InChI is InChI=1S/C18H21N3O4/c1-12-15-11-14(25-2)4-3-13(15)5-10-21(12)17(23)7-9-20-8-6-16(22)19-18(20)24/h3-4,6,8,11-12H,5,7,9-10H2,1-2H3,(H,19,22,24). The van der Waals surface area contributed by atoms with E-state index in [-0.39, 0.29) is 24.9 Å². The smallest absolute Gasteiger partial charge is 0.328 e. The van der Waals surface area contributed by atoms with Gasteiger partial charge in [-0.05, 0) is 36.6 Å². The van der Waals surface area contributed by atoms with Crippen LogP contribution < -0.4 is 16.0 Å². The topological polar surface area (TPSA) is 84.4 Å². The Kier molecular flexibility index (Phi) is 4.74. The van der Waals surface area contributed by atoms with E-state index < -0.39 is 11.2 Å². The molecule has 0 saturated carbocycles. The molecule has 1 aromatic carbocycles. The Hall–Kier alpha value is -2.83. The minimum absolute atomic E-state index is 0.0148. The predicted molar refractivity (Wildman–Crippen MR) is 92.8 cm³/mol. The van der Waals surface area contributed by atoms with Crippen molar-refractivity contribution in [2.75, 3.05) is 13.7 Å². The van der Waals surface area contributed by atoms with Crippen LogP contribution in [0.3, 0.4) is 0 Å². The number of rotatable bonds is 4. The molecule has 0 radical (unpaired) electrons. The van der Waals surface area contributed by atoms with Gasteiger partial charge in [0.25, 0.3) is 5.56 Å². The summed E-state index contributed by atoms with van der Waals surface area (Å²) < 4.78 is 6.62. The van der Waals surface area contributed by atoms with Gasteiger partial charge in [-0.25, -0.2) is 4.79 Å². The van der Waals surface area contributed by atoms with Crippen molar-refractivity contribution in [1.29, 1.82) is 0 Å². The monoisotopic (exact) mass is 343 g/mol. The molecule has 7 nitrogen and oxygen atoms in total. The fourth-order valence-electron chi connectivity index (χ4n) is 3.24. The van der Waals surface area contributed by atoms with Crippen LogP contribution in [0.25, 0.3) is 0 Å². The Morgan fingerprint density at radius 3 is 2.84 bits per heavy atom. The van der Waals surface area contributed by atoms with E-state index in [1.807, 2.05) is 30.0 Å². The lowest BCUT2D eigenvalue weighted by Gasteiger charge is -2.35. The number of aromatic nitrogens is 2. The Bertz CT molecular complexity index is 900. The maximum atomic E-state index is 12.6. The highest BCUT2D eigenvalue weighted by Gasteiger charge is 2.27. The molecule has 1 unspecified atom stereocenters. The number of H-pyrrole nitrogens is 1. The van der Waals surface area contributed by atoms with Crippen molar-refractivity contribution in [2.24, 2.45) is 0 Å². The molecule has 0 spiro atoms. The molecule has 0 bridgehead atoms. The van der Waals surface area contributed by atoms with E-state index in [0.717, 1.165) is 17.7 Å². The molecule has 1 aliphatic rings. The van der Waals surface area contributed by atoms with E-state index in [9.17, 15) is 14.4 Å². The van der Waals surface area contributed by atoms with Crippen molar-refractivity contribution >= 4 is 5.91 Å². The van der Waals surface area contributed by atoms with Crippen LogP contribution in [0.15, 0.2) is 40.1 Å². The van der Waals surface area contributed by atoms with Gasteiger partial charge in [0.2, 0.25) is 5.91 Å². The Balaban J connectivity index is 1.72. The van der Waals surface area contributed by atoms with E-state index in [1.165, 1.54) is 22.4 Å². The number of hydrogen-bond acceptors (Lipinski definition) is 4. The highest BCUT2D eigenvalue weighted by Crippen LogP contribution is 2.32. The number of methoxy groups -OCH3 is 1. The van der Waals surface area contributed by atoms with Gasteiger partial charge in [-0.3, -0.25) is 14.6 Å². The zero-order chi connectivity index (χ0) is 18.0. The molecule has 1 aromatic heterocycles. The van der Waals surface area contributed by atoms with Gasteiger partial charge in [0, 0.05) is 31.8 Å². The van der Waals surface area contributed by atoms with E-state index in [4.69, 9.17) is 4.74 Å². The van der Waals surface area contributed by atoms with E-state index in [2.05, 4.69) is 4.98 Å². The van der Waals surface area contributed by atoms with Crippen LogP contribution in [0.2, 0.25) is 0 Å². The highest BCUT2D eigenvalue weighted by atomic mass is 16.5. The average molecular weight is 343 g/mol. The summed E-state index contributed by atoms with van der Waals surface area (Å²) in [5.74, 6) is 0.763. The number of amides is 1. The summed E-state index contributed by atoms with van der Waals surface area (Å²) in [6, 6.07) is 7.19. The van der Waals surface area contributed by atoms with Gasteiger partial charge in [-0.15, -0.1) is 0 Å². The normalized spacial score (nSPS) is 16.4. The number of carbonyl (C=O) groups excluding carboxylic acids is 1. The van der Waals surface area contributed by atoms with Crippen molar-refractivity contribution in [3.63, 3.8) is 0 Å². The molecule has 0 aliphatic carbocycles. The van der Waals surface area contributed by atoms with Crippen molar-refractivity contribution in [3.05, 3.63) is 62.4 Å². The van der Waals surface area contributed by atoms with Crippen LogP contribution in [0.1, 0.15) is 30.5 Å². The van der Waals surface area contributed by atoms with Crippen LogP contribution in [-0.4, -0.2) is 34.0 Å². The van der Waals surface area contributed by atoms with Crippen LogP contribution in [0.5, 0.6) is 5.75 Å². The van der Waals surface area contributed by atoms with Crippen LogP contribution >= 0.6 is 0 Å². The van der Waals surface area contributed by atoms with E-state index in [0.29, 0.717) is 6.54 Å². The fourth-order valence-corrected chi connectivity index (χ4v) is 3.24. The summed E-state index contributed by atoms with van der Waals surface area (Å²) in [6.07, 6.45) is 2.41. The molecule has 3 rings (SSSR count). The number of nitrogens with one attached hydrogen (secondary N) is 1. The summed E-state index contributed by atoms with van der Waals surface area (Å²) in [4.78, 5) is 39.4. The SMILES string of the molecule is COc1ccc2c(c1)C(C)N(C(=O)CCn1ccc(=O)[nH]c1=O)CC2. The van der Waals surface area contributed by atoms with E-state index in [1.54, 1.807) is 7.11 Å². The third-order valence-electron chi connectivity index (χ3n) is 4.68. The van der Waals surface area contributed by atoms with Crippen molar-refractivity contribution in [2.45, 2.75) is 32.4 Å². The number of nitrogens with zero attached hydrogens (tertiary/aromatic N) is 2. The lowest BCUT2D eigenvalue weighted by Crippen LogP contribution is -2.39. The molecule has 1 atom stereocenters. The van der Waals surface area contributed by atoms with Gasteiger partial charge in [0.1, 0.15) is 5.75 Å². The maximum absolute atomic E-state index is 12.6. The second-order valence-electron chi connectivity index (χ2n) is 6.13. The lowest BCUT2D eigenvalue weighted by molar-refractivity contribution is -0.134. The first-order valence-electron chi connectivity index (χ1n) is 8.25. The second-order valence-corrected chi connectivity index (χ2v) is 6.13. The Morgan fingerprint density at radius 1 is 1.32 bits per heavy atom. The number of aromatic amines is 1. The molecular formula is C18H21N3O4. The third kappa shape index (κ3) is 3.50. The average Bonchev–Trinajstić information content (AvgIpc) is 2.61. The number of aryl methyl sites for hydroxylation is 1. The quantitative estimate of drug-likeness (QED) is 0.900. The maximum Gasteiger partial charge on any atom is 0.328 e. The highest BCUT2D eigenvalue weighted by molar-refractivity contribution is 5.77.